The monoisotopic (exact) mass is 554 g/mol. The van der Waals surface area contributed by atoms with Crippen molar-refractivity contribution < 1.29 is 29.4 Å². The molecular formula is C31H58N2O6. The maximum absolute atomic E-state index is 12.0. The van der Waals surface area contributed by atoms with Crippen molar-refractivity contribution in [3.63, 3.8) is 0 Å². The van der Waals surface area contributed by atoms with Crippen molar-refractivity contribution >= 4 is 23.6 Å². The molecule has 0 aliphatic heterocycles. The van der Waals surface area contributed by atoms with E-state index in [4.69, 9.17) is 5.11 Å². The predicted molar refractivity (Wildman–Crippen MR) is 157 cm³/mol. The number of carboxylic acid groups (broad SMARTS) is 2. The molecule has 0 radical (unpaired) electrons. The summed E-state index contributed by atoms with van der Waals surface area (Å²) in [4.78, 5) is 45.2. The van der Waals surface area contributed by atoms with Gasteiger partial charge in [0.25, 0.3) is 0 Å². The molecule has 0 rings (SSSR count). The van der Waals surface area contributed by atoms with E-state index >= 15 is 0 Å². The van der Waals surface area contributed by atoms with E-state index in [-0.39, 0.29) is 30.4 Å². The number of unbranched alkanes of at least 4 members (excludes halogenated alkanes) is 15. The highest BCUT2D eigenvalue weighted by Gasteiger charge is 2.17. The lowest BCUT2D eigenvalue weighted by Crippen LogP contribution is -2.38. The summed E-state index contributed by atoms with van der Waals surface area (Å²) in [6.45, 7) is 4.75. The summed E-state index contributed by atoms with van der Waals surface area (Å²) in [6.07, 6.45) is 21.0. The fraction of sp³-hybridized carbons (Fsp3) is 0.871. The lowest BCUT2D eigenvalue weighted by Gasteiger charge is -2.14. The molecule has 0 spiro atoms. The first-order chi connectivity index (χ1) is 18.7. The topological polar surface area (TPSA) is 133 Å². The zero-order chi connectivity index (χ0) is 29.1. The summed E-state index contributed by atoms with van der Waals surface area (Å²) in [6, 6.07) is -0.691. The summed E-state index contributed by atoms with van der Waals surface area (Å²) in [5.41, 5.74) is 0. The van der Waals surface area contributed by atoms with Gasteiger partial charge in [0.1, 0.15) is 11.8 Å². The second-order valence-electron chi connectivity index (χ2n) is 11.2. The number of aliphatic carboxylic acids is 2. The van der Waals surface area contributed by atoms with E-state index in [1.165, 1.54) is 64.2 Å². The second-order valence-corrected chi connectivity index (χ2v) is 11.2. The Balaban J connectivity index is 3.54. The van der Waals surface area contributed by atoms with Crippen LogP contribution >= 0.6 is 0 Å². The molecule has 4 N–H and O–H groups in total. The van der Waals surface area contributed by atoms with Crippen molar-refractivity contribution in [3.05, 3.63) is 0 Å². The molecule has 8 nitrogen and oxygen atoms in total. The Morgan fingerprint density at radius 1 is 0.590 bits per heavy atom. The van der Waals surface area contributed by atoms with Gasteiger partial charge in [-0.05, 0) is 45.6 Å². The third-order valence-corrected chi connectivity index (χ3v) is 7.50. The van der Waals surface area contributed by atoms with Gasteiger partial charge in [0.2, 0.25) is 5.91 Å². The molecule has 0 aromatic rings. The van der Waals surface area contributed by atoms with Gasteiger partial charge < -0.3 is 20.8 Å². The number of carboxylic acids is 2. The average molecular weight is 555 g/mol. The van der Waals surface area contributed by atoms with E-state index in [1.807, 2.05) is 6.92 Å². The first kappa shape index (κ1) is 37.0. The van der Waals surface area contributed by atoms with Gasteiger partial charge in [0.05, 0.1) is 0 Å². The number of amides is 1. The van der Waals surface area contributed by atoms with Crippen LogP contribution in [0.5, 0.6) is 0 Å². The molecule has 0 aromatic carbocycles. The molecule has 1 amide bonds. The molecule has 0 aromatic heterocycles. The van der Waals surface area contributed by atoms with Crippen molar-refractivity contribution in [3.8, 4) is 0 Å². The Morgan fingerprint density at radius 2 is 1.05 bits per heavy atom. The van der Waals surface area contributed by atoms with Crippen LogP contribution in [0.25, 0.3) is 0 Å². The average Bonchev–Trinajstić information content (AvgIpc) is 2.88. The highest BCUT2D eigenvalue weighted by molar-refractivity contribution is 5.78. The third kappa shape index (κ3) is 26.0. The van der Waals surface area contributed by atoms with Crippen LogP contribution in [0.2, 0.25) is 0 Å². The van der Waals surface area contributed by atoms with Crippen LogP contribution in [-0.2, 0) is 19.2 Å². The van der Waals surface area contributed by atoms with Crippen molar-refractivity contribution in [2.24, 2.45) is 5.92 Å². The van der Waals surface area contributed by atoms with Gasteiger partial charge in [-0.1, -0.05) is 96.8 Å². The SMILES string of the molecule is CC(=O)[C@@H](C)CCCCNC(=O)CC[C@H](NCCCCCCCCCCCCCCCCCC(=O)O)C(=O)O. The van der Waals surface area contributed by atoms with Crippen molar-refractivity contribution in [2.45, 2.75) is 155 Å². The van der Waals surface area contributed by atoms with Crippen LogP contribution in [0.15, 0.2) is 0 Å². The summed E-state index contributed by atoms with van der Waals surface area (Å²) in [5.74, 6) is -1.45. The van der Waals surface area contributed by atoms with E-state index in [9.17, 15) is 24.3 Å². The molecule has 0 bridgehead atoms. The van der Waals surface area contributed by atoms with Gasteiger partial charge in [-0.25, -0.2) is 0 Å². The Kier molecular flexibility index (Phi) is 25.0. The molecule has 0 fully saturated rings. The smallest absolute Gasteiger partial charge is 0.320 e. The normalized spacial score (nSPS) is 12.7. The Bertz CT molecular complexity index is 655. The second kappa shape index (κ2) is 26.3. The number of Topliss-reactive ketones (excluding diaryl/α,β-unsaturated/α-hetero) is 1. The molecule has 0 saturated heterocycles. The summed E-state index contributed by atoms with van der Waals surface area (Å²) in [7, 11) is 0. The molecule has 0 unspecified atom stereocenters. The molecular weight excluding hydrogens is 496 g/mol. The number of nitrogens with one attached hydrogen (secondary N) is 2. The summed E-state index contributed by atoms with van der Waals surface area (Å²) >= 11 is 0. The Labute approximate surface area is 237 Å². The molecule has 2 atom stereocenters. The van der Waals surface area contributed by atoms with E-state index in [0.717, 1.165) is 51.4 Å². The number of carbonyl (C=O) groups is 4. The largest absolute Gasteiger partial charge is 0.481 e. The number of ketones is 1. The molecule has 0 saturated carbocycles. The molecule has 39 heavy (non-hydrogen) atoms. The number of carbonyl (C=O) groups excluding carboxylic acids is 2. The minimum atomic E-state index is -0.906. The highest BCUT2D eigenvalue weighted by atomic mass is 16.4. The minimum Gasteiger partial charge on any atom is -0.481 e. The van der Waals surface area contributed by atoms with Gasteiger partial charge >= 0.3 is 11.9 Å². The Hall–Kier alpha value is -1.96. The van der Waals surface area contributed by atoms with Gasteiger partial charge in [-0.2, -0.15) is 0 Å². The molecule has 0 aliphatic carbocycles. The fourth-order valence-corrected chi connectivity index (χ4v) is 4.66. The van der Waals surface area contributed by atoms with Gasteiger partial charge in [0.15, 0.2) is 0 Å². The zero-order valence-electron chi connectivity index (χ0n) is 24.9. The van der Waals surface area contributed by atoms with Crippen molar-refractivity contribution in [1.82, 2.24) is 10.6 Å². The van der Waals surface area contributed by atoms with E-state index < -0.39 is 18.0 Å². The number of hydrogen-bond acceptors (Lipinski definition) is 5. The maximum Gasteiger partial charge on any atom is 0.320 e. The van der Waals surface area contributed by atoms with Crippen LogP contribution in [0.1, 0.15) is 149 Å². The van der Waals surface area contributed by atoms with Gasteiger partial charge in [0, 0.05) is 25.3 Å². The first-order valence-corrected chi connectivity index (χ1v) is 15.7. The van der Waals surface area contributed by atoms with Crippen LogP contribution < -0.4 is 10.6 Å². The number of rotatable bonds is 29. The lowest BCUT2D eigenvalue weighted by atomic mass is 10.0. The molecule has 228 valence electrons. The van der Waals surface area contributed by atoms with Crippen LogP contribution in [0.4, 0.5) is 0 Å². The predicted octanol–water partition coefficient (Wildman–Crippen LogP) is 6.65. The Morgan fingerprint density at radius 3 is 1.51 bits per heavy atom. The fourth-order valence-electron chi connectivity index (χ4n) is 4.66. The third-order valence-electron chi connectivity index (χ3n) is 7.50. The standard InChI is InChI=1S/C31H58N2O6/c1-26(27(2)34)20-17-19-25-33-29(35)23-22-28(31(38)39)32-24-18-15-13-11-9-7-5-3-4-6-8-10-12-14-16-21-30(36)37/h26,28,32H,3-25H2,1-2H3,(H,33,35)(H,36,37)(H,38,39)/t26-,28-/m0/s1. The number of hydrogen-bond donors (Lipinski definition) is 4. The molecule has 8 heteroatoms. The van der Waals surface area contributed by atoms with Crippen LogP contribution in [-0.4, -0.2) is 53.0 Å². The van der Waals surface area contributed by atoms with Crippen molar-refractivity contribution in [1.29, 1.82) is 0 Å². The molecule has 0 heterocycles. The van der Waals surface area contributed by atoms with E-state index in [2.05, 4.69) is 10.6 Å². The van der Waals surface area contributed by atoms with Crippen LogP contribution in [0.3, 0.4) is 0 Å². The van der Waals surface area contributed by atoms with Crippen LogP contribution in [0, 0.1) is 5.92 Å². The van der Waals surface area contributed by atoms with E-state index in [0.29, 0.717) is 19.5 Å². The van der Waals surface area contributed by atoms with Crippen molar-refractivity contribution in [2.75, 3.05) is 13.1 Å². The van der Waals surface area contributed by atoms with Gasteiger partial charge in [-0.15, -0.1) is 0 Å². The minimum absolute atomic E-state index is 0.0653. The van der Waals surface area contributed by atoms with Gasteiger partial charge in [-0.3, -0.25) is 19.2 Å². The first-order valence-electron chi connectivity index (χ1n) is 15.7. The lowest BCUT2D eigenvalue weighted by molar-refractivity contribution is -0.140. The quantitative estimate of drug-likeness (QED) is 0.0761. The summed E-state index contributed by atoms with van der Waals surface area (Å²) < 4.78 is 0. The highest BCUT2D eigenvalue weighted by Crippen LogP contribution is 2.14. The van der Waals surface area contributed by atoms with E-state index in [1.54, 1.807) is 6.92 Å². The summed E-state index contributed by atoms with van der Waals surface area (Å²) in [5, 5.41) is 24.0. The maximum atomic E-state index is 12.0. The molecule has 0 aliphatic rings. The zero-order valence-corrected chi connectivity index (χ0v) is 24.9.